The van der Waals surface area contributed by atoms with Crippen molar-refractivity contribution in [3.63, 3.8) is 0 Å². The van der Waals surface area contributed by atoms with Crippen LogP contribution in [0.1, 0.15) is 76.2 Å². The van der Waals surface area contributed by atoms with Crippen molar-refractivity contribution in [2.75, 3.05) is 31.6 Å². The van der Waals surface area contributed by atoms with Crippen molar-refractivity contribution in [2.24, 2.45) is 5.92 Å². The van der Waals surface area contributed by atoms with Crippen LogP contribution in [0.5, 0.6) is 5.75 Å². The smallest absolute Gasteiger partial charge is 0.243 e. The summed E-state index contributed by atoms with van der Waals surface area (Å²) in [6.07, 6.45) is 11.9. The number of nitrogens with one attached hydrogen (secondary N) is 3. The van der Waals surface area contributed by atoms with Crippen LogP contribution in [-0.2, 0) is 32.0 Å². The highest BCUT2D eigenvalue weighted by molar-refractivity contribution is 7.15. The highest BCUT2D eigenvalue weighted by atomic mass is 32.1. The molecule has 1 aromatic carbocycles. The van der Waals surface area contributed by atoms with Crippen LogP contribution in [0.15, 0.2) is 42.1 Å². The third-order valence-electron chi connectivity index (χ3n) is 7.87. The molecule has 3 N–H and O–H groups in total. The van der Waals surface area contributed by atoms with Gasteiger partial charge in [-0.3, -0.25) is 14.4 Å². The van der Waals surface area contributed by atoms with Gasteiger partial charge >= 0.3 is 0 Å². The molecule has 0 saturated carbocycles. The van der Waals surface area contributed by atoms with E-state index in [1.165, 1.54) is 17.8 Å². The molecule has 1 aliphatic carbocycles. The summed E-state index contributed by atoms with van der Waals surface area (Å²) in [5.41, 5.74) is 1.97. The zero-order chi connectivity index (χ0) is 32.6. The van der Waals surface area contributed by atoms with Gasteiger partial charge < -0.3 is 30.4 Å². The van der Waals surface area contributed by atoms with Crippen molar-refractivity contribution in [2.45, 2.75) is 90.6 Å². The minimum atomic E-state index is -0.928. The number of methoxy groups -OCH3 is 1. The van der Waals surface area contributed by atoms with Crippen LogP contribution in [0.3, 0.4) is 0 Å². The lowest BCUT2D eigenvalue weighted by Gasteiger charge is -2.21. The van der Waals surface area contributed by atoms with E-state index >= 15 is 0 Å². The van der Waals surface area contributed by atoms with E-state index in [0.29, 0.717) is 12.2 Å². The van der Waals surface area contributed by atoms with E-state index in [0.717, 1.165) is 78.5 Å². The second-order valence-electron chi connectivity index (χ2n) is 11.9. The minimum Gasteiger partial charge on any atom is -0.497 e. The Hall–Kier alpha value is -3.73. The van der Waals surface area contributed by atoms with Gasteiger partial charge in [-0.15, -0.1) is 11.3 Å². The molecular weight excluding hydrogens is 590 g/mol. The molecule has 4 rings (SSSR count). The van der Waals surface area contributed by atoms with Crippen molar-refractivity contribution >= 4 is 40.5 Å². The maximum absolute atomic E-state index is 13.2. The number of anilines is 1. The van der Waals surface area contributed by atoms with Gasteiger partial charge in [0.25, 0.3) is 0 Å². The Kier molecular flexibility index (Phi) is 15.0. The zero-order valence-corrected chi connectivity index (χ0v) is 27.9. The van der Waals surface area contributed by atoms with Crippen LogP contribution in [0.4, 0.5) is 5.13 Å². The standard InChI is InChI=1S/C29H37N5O5S.C5H12/c1-39-23-10-8-21(9-11-23)15-25(28(38)32-22(19-35)14-20-6-2-3-7-20)33-27(37)18-30-26(36)16-24-17-31-29(40-24)34-12-4-5-13-34;1-4-5(2)3/h6,8-11,17,19,22,25H,2-5,7,12-16,18H2,1H3,(H,30,36)(H,32,38)(H,33,37);5H,4H2,1-3H3/t22-,25-;/m0./s1. The van der Waals surface area contributed by atoms with Gasteiger partial charge in [-0.1, -0.05) is 51.0 Å². The summed E-state index contributed by atoms with van der Waals surface area (Å²) < 4.78 is 5.20. The molecule has 1 aromatic heterocycles. The summed E-state index contributed by atoms with van der Waals surface area (Å²) in [6, 6.07) is 5.60. The molecule has 0 spiro atoms. The van der Waals surface area contributed by atoms with Gasteiger partial charge in [0.15, 0.2) is 5.13 Å². The molecule has 45 heavy (non-hydrogen) atoms. The second-order valence-corrected chi connectivity index (χ2v) is 13.0. The topological polar surface area (TPSA) is 130 Å². The summed E-state index contributed by atoms with van der Waals surface area (Å²) in [5.74, 6) is 0.315. The molecule has 10 nitrogen and oxygen atoms in total. The Bertz CT molecular complexity index is 1270. The monoisotopic (exact) mass is 639 g/mol. The lowest BCUT2D eigenvalue weighted by Crippen LogP contribution is -2.53. The number of benzene rings is 1. The number of hydrogen-bond donors (Lipinski definition) is 3. The number of thiazole rings is 1. The molecule has 0 radical (unpaired) electrons. The van der Waals surface area contributed by atoms with Crippen molar-refractivity contribution in [1.29, 1.82) is 0 Å². The van der Waals surface area contributed by atoms with E-state index in [1.54, 1.807) is 25.4 Å². The van der Waals surface area contributed by atoms with Crippen LogP contribution < -0.4 is 25.6 Å². The van der Waals surface area contributed by atoms with Gasteiger partial charge in [0, 0.05) is 30.6 Å². The molecule has 0 bridgehead atoms. The highest BCUT2D eigenvalue weighted by Gasteiger charge is 2.25. The van der Waals surface area contributed by atoms with Gasteiger partial charge in [0.1, 0.15) is 18.1 Å². The van der Waals surface area contributed by atoms with Crippen molar-refractivity contribution in [3.05, 3.63) is 52.6 Å². The SMILES string of the molecule is CCC(C)C.COc1ccc(C[C@H](NC(=O)CNC(=O)Cc2cnc(N3CCCC3)s2)C(=O)N[C@H](C=O)CC2=CCCC2)cc1. The molecule has 1 saturated heterocycles. The first-order valence-electron chi connectivity index (χ1n) is 16.0. The lowest BCUT2D eigenvalue weighted by atomic mass is 10.0. The van der Waals surface area contributed by atoms with Gasteiger partial charge in [-0.25, -0.2) is 4.98 Å². The number of nitrogens with zero attached hydrogens (tertiary/aromatic N) is 2. The number of carbonyl (C=O) groups is 4. The summed E-state index contributed by atoms with van der Waals surface area (Å²) in [6.45, 7) is 8.34. The number of allylic oxidation sites excluding steroid dienone is 1. The maximum Gasteiger partial charge on any atom is 0.243 e. The van der Waals surface area contributed by atoms with Gasteiger partial charge in [-0.2, -0.15) is 0 Å². The van der Waals surface area contributed by atoms with E-state index in [4.69, 9.17) is 4.74 Å². The summed E-state index contributed by atoms with van der Waals surface area (Å²) >= 11 is 1.49. The largest absolute Gasteiger partial charge is 0.497 e. The molecule has 11 heteroatoms. The van der Waals surface area contributed by atoms with E-state index in [2.05, 4.69) is 52.7 Å². The molecule has 1 fully saturated rings. The number of ether oxygens (including phenoxy) is 1. The number of aromatic nitrogens is 1. The Balaban J connectivity index is 0.00000102. The maximum atomic E-state index is 13.2. The Morgan fingerprint density at radius 3 is 2.36 bits per heavy atom. The first-order valence-corrected chi connectivity index (χ1v) is 16.8. The molecule has 2 heterocycles. The van der Waals surface area contributed by atoms with E-state index < -0.39 is 23.9 Å². The second kappa shape index (κ2) is 18.9. The van der Waals surface area contributed by atoms with Crippen LogP contribution >= 0.6 is 11.3 Å². The Labute approximate surface area is 271 Å². The van der Waals surface area contributed by atoms with Crippen molar-refractivity contribution < 1.29 is 23.9 Å². The lowest BCUT2D eigenvalue weighted by molar-refractivity contribution is -0.130. The van der Waals surface area contributed by atoms with Gasteiger partial charge in [0.05, 0.1) is 26.1 Å². The summed E-state index contributed by atoms with van der Waals surface area (Å²) in [5, 5.41) is 9.07. The number of amides is 3. The van der Waals surface area contributed by atoms with E-state index in [-0.39, 0.29) is 25.3 Å². The number of aldehydes is 1. The molecule has 3 amide bonds. The predicted octanol–water partition coefficient (Wildman–Crippen LogP) is 4.37. The summed E-state index contributed by atoms with van der Waals surface area (Å²) in [7, 11) is 1.57. The van der Waals surface area contributed by atoms with Crippen molar-refractivity contribution in [1.82, 2.24) is 20.9 Å². The Morgan fingerprint density at radius 1 is 1.04 bits per heavy atom. The molecule has 246 valence electrons. The normalized spacial score (nSPS) is 15.4. The fraction of sp³-hybridized carbons (Fsp3) is 0.559. The van der Waals surface area contributed by atoms with Crippen LogP contribution in [0, 0.1) is 5.92 Å². The number of hydrogen-bond acceptors (Lipinski definition) is 8. The predicted molar refractivity (Wildman–Crippen MR) is 179 cm³/mol. The molecular formula is C34H49N5O5S. The van der Waals surface area contributed by atoms with Crippen molar-refractivity contribution in [3.8, 4) is 5.75 Å². The quantitative estimate of drug-likeness (QED) is 0.195. The minimum absolute atomic E-state index is 0.130. The molecule has 1 aliphatic heterocycles. The van der Waals surface area contributed by atoms with Crippen LogP contribution in [0.2, 0.25) is 0 Å². The highest BCUT2D eigenvalue weighted by Crippen LogP contribution is 2.26. The first-order chi connectivity index (χ1) is 21.7. The molecule has 2 atom stereocenters. The number of rotatable bonds is 15. The fourth-order valence-electron chi connectivity index (χ4n) is 4.91. The average molecular weight is 640 g/mol. The summed E-state index contributed by atoms with van der Waals surface area (Å²) in [4.78, 5) is 57.7. The third-order valence-corrected chi connectivity index (χ3v) is 8.93. The van der Waals surface area contributed by atoms with E-state index in [9.17, 15) is 19.2 Å². The molecule has 2 aliphatic rings. The molecule has 2 aromatic rings. The fourth-order valence-corrected chi connectivity index (χ4v) is 5.87. The average Bonchev–Trinajstić information content (AvgIpc) is 3.84. The first kappa shape index (κ1) is 35.7. The number of carbonyl (C=O) groups excluding carboxylic acids is 4. The van der Waals surface area contributed by atoms with Gasteiger partial charge in [0.2, 0.25) is 17.7 Å². The van der Waals surface area contributed by atoms with Crippen LogP contribution in [-0.4, -0.2) is 67.8 Å². The molecule has 0 unspecified atom stereocenters. The van der Waals surface area contributed by atoms with E-state index in [1.807, 2.05) is 12.1 Å². The zero-order valence-electron chi connectivity index (χ0n) is 27.1. The van der Waals surface area contributed by atoms with Gasteiger partial charge in [-0.05, 0) is 62.1 Å². The Morgan fingerprint density at radius 2 is 1.76 bits per heavy atom. The van der Waals surface area contributed by atoms with Crippen LogP contribution in [0.25, 0.3) is 0 Å². The third kappa shape index (κ3) is 12.7.